The predicted octanol–water partition coefficient (Wildman–Crippen LogP) is 7.86. The van der Waals surface area contributed by atoms with Gasteiger partial charge in [0.25, 0.3) is 0 Å². The summed E-state index contributed by atoms with van der Waals surface area (Å²) in [5, 5.41) is 20.7. The van der Waals surface area contributed by atoms with Crippen molar-refractivity contribution in [2.24, 2.45) is 0 Å². The van der Waals surface area contributed by atoms with Crippen LogP contribution in [0.3, 0.4) is 0 Å². The highest BCUT2D eigenvalue weighted by atomic mass is 16.4. The number of nitrogens with zero attached hydrogens (tertiary/aromatic N) is 2. The fourth-order valence-corrected chi connectivity index (χ4v) is 6.20. The van der Waals surface area contributed by atoms with Crippen molar-refractivity contribution in [1.82, 2.24) is 4.57 Å². The van der Waals surface area contributed by atoms with Crippen LogP contribution in [0.15, 0.2) is 90.5 Å². The molecule has 0 atom stereocenters. The van der Waals surface area contributed by atoms with Gasteiger partial charge in [-0.05, 0) is 64.9 Å². The second-order valence-electron chi connectivity index (χ2n) is 9.67. The lowest BCUT2D eigenvalue weighted by Crippen LogP contribution is -2.31. The number of fused-ring (bicyclic) bond motifs is 5. The van der Waals surface area contributed by atoms with Gasteiger partial charge in [-0.15, -0.1) is 0 Å². The van der Waals surface area contributed by atoms with Gasteiger partial charge in [0, 0.05) is 16.2 Å². The number of hydrogen-bond acceptors (Lipinski definition) is 2. The molecule has 0 spiro atoms. The van der Waals surface area contributed by atoms with E-state index < -0.39 is 5.97 Å². The number of rotatable bonds is 5. The first kappa shape index (κ1) is 22.8. The molecule has 0 saturated heterocycles. The van der Waals surface area contributed by atoms with Crippen LogP contribution in [0, 0.1) is 11.3 Å². The first-order valence-electron chi connectivity index (χ1n) is 12.7. The second kappa shape index (κ2) is 8.50. The standard InChI is InChI=1S/C33H26N2O2/c1-3-33(4-2)27-9-5-6-11-30(27)35-29-17-16-23(19-26(29)25-8-7-10-28(33)31(25)35)22-14-12-21(13-15-22)18-24(20-34)32(36)37/h5-19H,3-4H2,1-2H3,(H,36,37)/b24-18-. The van der Waals surface area contributed by atoms with E-state index >= 15 is 0 Å². The first-order valence-corrected chi connectivity index (χ1v) is 12.7. The largest absolute Gasteiger partial charge is 0.477 e. The molecule has 0 saturated carbocycles. The van der Waals surface area contributed by atoms with Crippen LogP contribution in [0.5, 0.6) is 0 Å². The van der Waals surface area contributed by atoms with Gasteiger partial charge in [0.1, 0.15) is 11.6 Å². The minimum atomic E-state index is -1.22. The average molecular weight is 483 g/mol. The van der Waals surface area contributed by atoms with E-state index in [4.69, 9.17) is 10.4 Å². The minimum absolute atomic E-state index is 0.00904. The van der Waals surface area contributed by atoms with Gasteiger partial charge in [-0.2, -0.15) is 5.26 Å². The Bertz CT molecular complexity index is 1780. The van der Waals surface area contributed by atoms with Crippen LogP contribution >= 0.6 is 0 Å². The molecule has 4 aromatic carbocycles. The quantitative estimate of drug-likeness (QED) is 0.205. The molecule has 0 unspecified atom stereocenters. The van der Waals surface area contributed by atoms with Crippen molar-refractivity contribution in [3.8, 4) is 22.9 Å². The van der Waals surface area contributed by atoms with Crippen molar-refractivity contribution in [2.45, 2.75) is 32.1 Å². The molecule has 1 aliphatic heterocycles. The van der Waals surface area contributed by atoms with Gasteiger partial charge in [0.2, 0.25) is 0 Å². The number of para-hydroxylation sites is 2. The lowest BCUT2D eigenvalue weighted by Gasteiger charge is -2.39. The van der Waals surface area contributed by atoms with Crippen LogP contribution in [0.1, 0.15) is 43.4 Å². The van der Waals surface area contributed by atoms with Crippen molar-refractivity contribution in [3.63, 3.8) is 0 Å². The number of carbonyl (C=O) groups is 1. The Kier molecular flexibility index (Phi) is 5.24. The number of aromatic nitrogens is 1. The summed E-state index contributed by atoms with van der Waals surface area (Å²) in [6, 6.07) is 31.6. The van der Waals surface area contributed by atoms with Gasteiger partial charge in [0.05, 0.1) is 16.7 Å². The van der Waals surface area contributed by atoms with E-state index in [1.165, 1.54) is 44.7 Å². The van der Waals surface area contributed by atoms with E-state index in [-0.39, 0.29) is 11.0 Å². The normalized spacial score (nSPS) is 13.9. The number of carboxylic acid groups (broad SMARTS) is 1. The van der Waals surface area contributed by atoms with Crippen LogP contribution in [0.2, 0.25) is 0 Å². The Morgan fingerprint density at radius 2 is 1.59 bits per heavy atom. The topological polar surface area (TPSA) is 66.0 Å². The summed E-state index contributed by atoms with van der Waals surface area (Å²) in [5.41, 5.74) is 9.08. The summed E-state index contributed by atoms with van der Waals surface area (Å²) in [6.07, 6.45) is 3.48. The monoisotopic (exact) mass is 482 g/mol. The Labute approximate surface area is 215 Å². The van der Waals surface area contributed by atoms with E-state index in [0.29, 0.717) is 5.56 Å². The smallest absolute Gasteiger partial charge is 0.346 e. The van der Waals surface area contributed by atoms with Crippen LogP contribution < -0.4 is 0 Å². The van der Waals surface area contributed by atoms with Crippen molar-refractivity contribution in [1.29, 1.82) is 5.26 Å². The Hall–Kier alpha value is -4.62. The van der Waals surface area contributed by atoms with E-state index in [1.807, 2.05) is 24.3 Å². The molecule has 0 bridgehead atoms. The van der Waals surface area contributed by atoms with Crippen LogP contribution in [0.4, 0.5) is 0 Å². The fourth-order valence-electron chi connectivity index (χ4n) is 6.20. The minimum Gasteiger partial charge on any atom is -0.477 e. The van der Waals surface area contributed by atoms with Gasteiger partial charge < -0.3 is 9.67 Å². The van der Waals surface area contributed by atoms with Gasteiger partial charge in [-0.25, -0.2) is 4.79 Å². The number of carboxylic acids is 1. The number of hydrogen-bond donors (Lipinski definition) is 1. The Balaban J connectivity index is 1.56. The van der Waals surface area contributed by atoms with Gasteiger partial charge >= 0.3 is 5.97 Å². The summed E-state index contributed by atoms with van der Waals surface area (Å²) in [7, 11) is 0. The fraction of sp³-hybridized carbons (Fsp3) is 0.152. The summed E-state index contributed by atoms with van der Waals surface area (Å²) in [6.45, 7) is 4.59. The number of nitriles is 1. The Morgan fingerprint density at radius 3 is 2.30 bits per heavy atom. The lowest BCUT2D eigenvalue weighted by molar-refractivity contribution is -0.132. The maximum absolute atomic E-state index is 11.2. The third-order valence-electron chi connectivity index (χ3n) is 8.08. The molecule has 1 aromatic heterocycles. The summed E-state index contributed by atoms with van der Waals surface area (Å²) in [4.78, 5) is 11.2. The van der Waals surface area contributed by atoms with Crippen molar-refractivity contribution >= 4 is 33.9 Å². The lowest BCUT2D eigenvalue weighted by atomic mass is 9.68. The second-order valence-corrected chi connectivity index (χ2v) is 9.67. The zero-order valence-electron chi connectivity index (χ0n) is 20.8. The van der Waals surface area contributed by atoms with E-state index in [1.54, 1.807) is 6.07 Å². The molecule has 6 rings (SSSR count). The van der Waals surface area contributed by atoms with Crippen LogP contribution in [-0.2, 0) is 10.2 Å². The number of benzene rings is 4. The van der Waals surface area contributed by atoms with Crippen molar-refractivity contribution < 1.29 is 9.90 Å². The molecule has 180 valence electrons. The molecular weight excluding hydrogens is 456 g/mol. The Morgan fingerprint density at radius 1 is 0.892 bits per heavy atom. The molecule has 2 heterocycles. The van der Waals surface area contributed by atoms with Gasteiger partial charge in [-0.1, -0.05) is 80.6 Å². The highest BCUT2D eigenvalue weighted by molar-refractivity contribution is 6.12. The first-order chi connectivity index (χ1) is 18.0. The van der Waals surface area contributed by atoms with Crippen molar-refractivity contribution in [3.05, 3.63) is 107 Å². The molecule has 0 radical (unpaired) electrons. The third kappa shape index (κ3) is 3.24. The molecule has 0 fully saturated rings. The van der Waals surface area contributed by atoms with Gasteiger partial charge in [-0.3, -0.25) is 0 Å². The average Bonchev–Trinajstić information content (AvgIpc) is 3.27. The van der Waals surface area contributed by atoms with E-state index in [0.717, 1.165) is 24.0 Å². The molecule has 4 heteroatoms. The molecule has 4 nitrogen and oxygen atoms in total. The molecule has 1 aliphatic rings. The summed E-state index contributed by atoms with van der Waals surface area (Å²) >= 11 is 0. The molecule has 0 aliphatic carbocycles. The van der Waals surface area contributed by atoms with E-state index in [2.05, 4.69) is 79.1 Å². The molecule has 37 heavy (non-hydrogen) atoms. The predicted molar refractivity (Wildman–Crippen MR) is 149 cm³/mol. The van der Waals surface area contributed by atoms with Crippen LogP contribution in [-0.4, -0.2) is 15.6 Å². The highest BCUT2D eigenvalue weighted by Crippen LogP contribution is 2.50. The maximum Gasteiger partial charge on any atom is 0.346 e. The zero-order valence-corrected chi connectivity index (χ0v) is 20.8. The SMILES string of the molecule is CCC1(CC)c2ccccc2-n2c3ccc(-c4ccc(/C=C(/C#N)C(=O)O)cc4)cc3c3cccc1c32. The number of aliphatic carboxylic acids is 1. The van der Waals surface area contributed by atoms with Gasteiger partial charge in [0.15, 0.2) is 0 Å². The molecular formula is C33H26N2O2. The summed E-state index contributed by atoms with van der Waals surface area (Å²) in [5.74, 6) is -1.22. The highest BCUT2D eigenvalue weighted by Gasteiger charge is 2.39. The molecule has 0 amide bonds. The van der Waals surface area contributed by atoms with Crippen LogP contribution in [0.25, 0.3) is 44.7 Å². The van der Waals surface area contributed by atoms with E-state index in [9.17, 15) is 4.79 Å². The zero-order chi connectivity index (χ0) is 25.7. The summed E-state index contributed by atoms with van der Waals surface area (Å²) < 4.78 is 2.44. The third-order valence-corrected chi connectivity index (χ3v) is 8.08. The molecule has 5 aromatic rings. The van der Waals surface area contributed by atoms with Crippen molar-refractivity contribution in [2.75, 3.05) is 0 Å². The molecule has 1 N–H and O–H groups in total. The maximum atomic E-state index is 11.2.